The molecule has 96 valence electrons. The van der Waals surface area contributed by atoms with Crippen molar-refractivity contribution in [3.8, 4) is 0 Å². The van der Waals surface area contributed by atoms with Crippen LogP contribution in [0.4, 0.5) is 0 Å². The fourth-order valence-corrected chi connectivity index (χ4v) is 1.61. The molecule has 18 heavy (non-hydrogen) atoms. The van der Waals surface area contributed by atoms with Crippen molar-refractivity contribution in [1.82, 2.24) is 15.0 Å². The van der Waals surface area contributed by atoms with E-state index in [1.54, 1.807) is 10.9 Å². The quantitative estimate of drug-likeness (QED) is 0.819. The highest BCUT2D eigenvalue weighted by molar-refractivity contribution is 5.79. The number of hydrogen-bond acceptors (Lipinski definition) is 3. The molecule has 2 aromatic rings. The van der Waals surface area contributed by atoms with E-state index in [1.807, 2.05) is 38.1 Å². The summed E-state index contributed by atoms with van der Waals surface area (Å²) < 4.78 is 1.80. The SMILES string of the molecule is CC(C)CONC(=O)Cn1cnc2ccccc21. The molecule has 0 aliphatic heterocycles. The van der Waals surface area contributed by atoms with Crippen molar-refractivity contribution >= 4 is 16.9 Å². The molecule has 0 fully saturated rings. The minimum Gasteiger partial charge on any atom is -0.321 e. The molecular weight excluding hydrogens is 230 g/mol. The van der Waals surface area contributed by atoms with E-state index in [0.29, 0.717) is 12.5 Å². The lowest BCUT2D eigenvalue weighted by atomic mass is 10.2. The lowest BCUT2D eigenvalue weighted by Crippen LogP contribution is -2.28. The number of carbonyl (C=O) groups is 1. The van der Waals surface area contributed by atoms with E-state index in [2.05, 4.69) is 10.5 Å². The average Bonchev–Trinajstić information content (AvgIpc) is 2.72. The maximum Gasteiger partial charge on any atom is 0.263 e. The van der Waals surface area contributed by atoms with Crippen molar-refractivity contribution in [3.63, 3.8) is 0 Å². The first kappa shape index (κ1) is 12.6. The Kier molecular flexibility index (Phi) is 3.94. The zero-order chi connectivity index (χ0) is 13.0. The minimum atomic E-state index is -0.182. The van der Waals surface area contributed by atoms with Crippen LogP contribution in [-0.4, -0.2) is 22.1 Å². The number of hydrogen-bond donors (Lipinski definition) is 1. The molecule has 0 spiro atoms. The van der Waals surface area contributed by atoms with Gasteiger partial charge in [0.15, 0.2) is 0 Å². The monoisotopic (exact) mass is 247 g/mol. The Morgan fingerprint density at radius 3 is 3.00 bits per heavy atom. The highest BCUT2D eigenvalue weighted by atomic mass is 16.6. The topological polar surface area (TPSA) is 56.1 Å². The molecule has 0 saturated carbocycles. The van der Waals surface area contributed by atoms with Crippen molar-refractivity contribution in [2.24, 2.45) is 5.92 Å². The number of benzene rings is 1. The number of para-hydroxylation sites is 2. The molecule has 0 radical (unpaired) electrons. The summed E-state index contributed by atoms with van der Waals surface area (Å²) in [5.74, 6) is 0.207. The predicted octanol–water partition coefficient (Wildman–Crippen LogP) is 1.74. The number of nitrogens with one attached hydrogen (secondary N) is 1. The number of aromatic nitrogens is 2. The highest BCUT2D eigenvalue weighted by Gasteiger charge is 2.06. The maximum atomic E-state index is 11.7. The molecule has 0 aliphatic carbocycles. The van der Waals surface area contributed by atoms with Crippen LogP contribution in [0.1, 0.15) is 13.8 Å². The number of imidazole rings is 1. The third kappa shape index (κ3) is 3.07. The first-order valence-corrected chi connectivity index (χ1v) is 5.97. The molecule has 1 aromatic carbocycles. The minimum absolute atomic E-state index is 0.182. The fourth-order valence-electron chi connectivity index (χ4n) is 1.61. The van der Waals surface area contributed by atoms with Gasteiger partial charge in [-0.05, 0) is 18.1 Å². The normalized spacial score (nSPS) is 11.1. The van der Waals surface area contributed by atoms with Crippen LogP contribution in [0.25, 0.3) is 11.0 Å². The summed E-state index contributed by atoms with van der Waals surface area (Å²) in [6.45, 7) is 4.76. The fraction of sp³-hybridized carbons (Fsp3) is 0.385. The van der Waals surface area contributed by atoms with Crippen LogP contribution in [0, 0.1) is 5.92 Å². The summed E-state index contributed by atoms with van der Waals surface area (Å²) in [6, 6.07) is 7.70. The van der Waals surface area contributed by atoms with Gasteiger partial charge < -0.3 is 4.57 Å². The van der Waals surface area contributed by atoms with Gasteiger partial charge in [0, 0.05) is 0 Å². The summed E-state index contributed by atoms with van der Waals surface area (Å²) in [5.41, 5.74) is 4.25. The van der Waals surface area contributed by atoms with Crippen molar-refractivity contribution in [2.75, 3.05) is 6.61 Å². The van der Waals surface area contributed by atoms with Gasteiger partial charge in [-0.1, -0.05) is 26.0 Å². The van der Waals surface area contributed by atoms with E-state index >= 15 is 0 Å². The van der Waals surface area contributed by atoms with Crippen molar-refractivity contribution in [2.45, 2.75) is 20.4 Å². The molecule has 5 nitrogen and oxygen atoms in total. The number of fused-ring (bicyclic) bond motifs is 1. The summed E-state index contributed by atoms with van der Waals surface area (Å²) in [5, 5.41) is 0. The molecule has 0 bridgehead atoms. The molecule has 2 rings (SSSR count). The molecule has 1 aromatic heterocycles. The van der Waals surface area contributed by atoms with Gasteiger partial charge in [-0.2, -0.15) is 0 Å². The molecule has 5 heteroatoms. The maximum absolute atomic E-state index is 11.7. The summed E-state index contributed by atoms with van der Waals surface area (Å²) in [7, 11) is 0. The Bertz CT molecular complexity index is 534. The third-order valence-electron chi connectivity index (χ3n) is 2.44. The van der Waals surface area contributed by atoms with Crippen LogP contribution in [0.3, 0.4) is 0 Å². The zero-order valence-electron chi connectivity index (χ0n) is 10.6. The van der Waals surface area contributed by atoms with E-state index in [0.717, 1.165) is 11.0 Å². The van der Waals surface area contributed by atoms with Gasteiger partial charge in [0.1, 0.15) is 6.54 Å². The number of hydroxylamine groups is 1. The molecular formula is C13H17N3O2. The third-order valence-corrected chi connectivity index (χ3v) is 2.44. The highest BCUT2D eigenvalue weighted by Crippen LogP contribution is 2.11. The molecule has 0 unspecified atom stereocenters. The van der Waals surface area contributed by atoms with Gasteiger partial charge in [0.2, 0.25) is 0 Å². The molecule has 1 N–H and O–H groups in total. The smallest absolute Gasteiger partial charge is 0.263 e. The lowest BCUT2D eigenvalue weighted by Gasteiger charge is -2.08. The van der Waals surface area contributed by atoms with E-state index in [-0.39, 0.29) is 12.5 Å². The van der Waals surface area contributed by atoms with E-state index in [1.165, 1.54) is 0 Å². The standard InChI is InChI=1S/C13H17N3O2/c1-10(2)8-18-15-13(17)7-16-9-14-11-5-3-4-6-12(11)16/h3-6,9-10H,7-8H2,1-2H3,(H,15,17). The number of rotatable bonds is 5. The Hall–Kier alpha value is -1.88. The summed E-state index contributed by atoms with van der Waals surface area (Å²) in [4.78, 5) is 21.0. The van der Waals surface area contributed by atoms with Gasteiger partial charge in [0.05, 0.1) is 24.0 Å². The first-order chi connectivity index (χ1) is 8.66. The van der Waals surface area contributed by atoms with E-state index < -0.39 is 0 Å². The Balaban J connectivity index is 1.95. The molecule has 0 saturated heterocycles. The first-order valence-electron chi connectivity index (χ1n) is 5.97. The Labute approximate surface area is 106 Å². The van der Waals surface area contributed by atoms with Gasteiger partial charge in [-0.15, -0.1) is 0 Å². The number of carbonyl (C=O) groups excluding carboxylic acids is 1. The average molecular weight is 247 g/mol. The Morgan fingerprint density at radius 2 is 2.22 bits per heavy atom. The molecule has 0 atom stereocenters. The lowest BCUT2D eigenvalue weighted by molar-refractivity contribution is -0.134. The van der Waals surface area contributed by atoms with Crippen LogP contribution in [0.15, 0.2) is 30.6 Å². The zero-order valence-corrected chi connectivity index (χ0v) is 10.6. The van der Waals surface area contributed by atoms with Crippen LogP contribution in [-0.2, 0) is 16.2 Å². The second kappa shape index (κ2) is 5.64. The molecule has 1 heterocycles. The van der Waals surface area contributed by atoms with Crippen molar-refractivity contribution in [1.29, 1.82) is 0 Å². The van der Waals surface area contributed by atoms with E-state index in [9.17, 15) is 4.79 Å². The largest absolute Gasteiger partial charge is 0.321 e. The molecule has 0 aliphatic rings. The Morgan fingerprint density at radius 1 is 1.44 bits per heavy atom. The van der Waals surface area contributed by atoms with Crippen molar-refractivity contribution < 1.29 is 9.63 Å². The van der Waals surface area contributed by atoms with Crippen LogP contribution >= 0.6 is 0 Å². The number of nitrogens with zero attached hydrogens (tertiary/aromatic N) is 2. The van der Waals surface area contributed by atoms with Crippen LogP contribution in [0.5, 0.6) is 0 Å². The van der Waals surface area contributed by atoms with Crippen LogP contribution < -0.4 is 5.48 Å². The second-order valence-corrected chi connectivity index (χ2v) is 4.59. The number of amides is 1. The van der Waals surface area contributed by atoms with Crippen molar-refractivity contribution in [3.05, 3.63) is 30.6 Å². The van der Waals surface area contributed by atoms with Gasteiger partial charge in [-0.3, -0.25) is 9.63 Å². The van der Waals surface area contributed by atoms with Gasteiger partial charge in [0.25, 0.3) is 5.91 Å². The second-order valence-electron chi connectivity index (χ2n) is 4.59. The summed E-state index contributed by atoms with van der Waals surface area (Å²) in [6.07, 6.45) is 1.66. The summed E-state index contributed by atoms with van der Waals surface area (Å²) >= 11 is 0. The van der Waals surface area contributed by atoms with Gasteiger partial charge in [-0.25, -0.2) is 10.5 Å². The van der Waals surface area contributed by atoms with E-state index in [4.69, 9.17) is 4.84 Å². The van der Waals surface area contributed by atoms with Crippen LogP contribution in [0.2, 0.25) is 0 Å². The molecule has 1 amide bonds. The predicted molar refractivity (Wildman–Crippen MR) is 68.7 cm³/mol. The van der Waals surface area contributed by atoms with Gasteiger partial charge >= 0.3 is 0 Å².